The van der Waals surface area contributed by atoms with Gasteiger partial charge in [0.05, 0.1) is 25.5 Å². The van der Waals surface area contributed by atoms with Gasteiger partial charge in [0, 0.05) is 12.0 Å². The molecule has 2 heterocycles. The van der Waals surface area contributed by atoms with Gasteiger partial charge in [-0.15, -0.1) is 0 Å². The molecule has 130 valence electrons. The van der Waals surface area contributed by atoms with Gasteiger partial charge < -0.3 is 19.3 Å². The molecule has 0 radical (unpaired) electrons. The monoisotopic (exact) mass is 333 g/mol. The number of hydrogen-bond donors (Lipinski definition) is 2. The number of methoxy groups -OCH3 is 1. The lowest BCUT2D eigenvalue weighted by Gasteiger charge is -2.20. The Balaban J connectivity index is 1.60. The molecule has 2 aliphatic heterocycles. The molecule has 1 aromatic rings. The first-order valence-electron chi connectivity index (χ1n) is 8.52. The molecule has 1 aromatic carbocycles. The minimum atomic E-state index is -0.949. The Morgan fingerprint density at radius 3 is 2.79 bits per heavy atom. The number of aliphatic hydroxyl groups excluding tert-OH is 1. The number of benzene rings is 1. The molecule has 1 saturated heterocycles. The molecule has 2 N–H and O–H groups in total. The van der Waals surface area contributed by atoms with Crippen molar-refractivity contribution in [3.05, 3.63) is 29.8 Å². The van der Waals surface area contributed by atoms with Crippen molar-refractivity contribution in [1.29, 1.82) is 0 Å². The second-order valence-corrected chi connectivity index (χ2v) is 6.58. The van der Waals surface area contributed by atoms with E-state index in [2.05, 4.69) is 5.48 Å². The van der Waals surface area contributed by atoms with Crippen molar-refractivity contribution in [1.82, 2.24) is 5.48 Å². The number of hydroxylamine groups is 1. The second-order valence-electron chi connectivity index (χ2n) is 6.58. The van der Waals surface area contributed by atoms with E-state index in [1.807, 2.05) is 24.3 Å². The average Bonchev–Trinajstić information content (AvgIpc) is 3.32. The zero-order valence-corrected chi connectivity index (χ0v) is 13.8. The van der Waals surface area contributed by atoms with Crippen molar-refractivity contribution in [2.45, 2.75) is 50.1 Å². The molecule has 1 spiro atoms. The summed E-state index contributed by atoms with van der Waals surface area (Å²) >= 11 is 0. The highest BCUT2D eigenvalue weighted by atomic mass is 16.7. The van der Waals surface area contributed by atoms with Gasteiger partial charge in [-0.2, -0.15) is 0 Å². The fourth-order valence-electron chi connectivity index (χ4n) is 3.56. The van der Waals surface area contributed by atoms with Crippen molar-refractivity contribution in [3.8, 4) is 11.5 Å². The first-order valence-corrected chi connectivity index (χ1v) is 8.52. The highest BCUT2D eigenvalue weighted by Gasteiger charge is 2.47. The van der Waals surface area contributed by atoms with E-state index in [0.29, 0.717) is 13.0 Å². The van der Waals surface area contributed by atoms with E-state index < -0.39 is 11.9 Å². The molecule has 2 fully saturated rings. The van der Waals surface area contributed by atoms with E-state index in [9.17, 15) is 5.11 Å². The zero-order valence-electron chi connectivity index (χ0n) is 13.8. The Labute approximate surface area is 141 Å². The van der Waals surface area contributed by atoms with Gasteiger partial charge in [-0.25, -0.2) is 0 Å². The molecule has 6 heteroatoms. The SMILES string of the molecule is COc1ccc(C2=CC3(CCOC3O)ON2)cc1OC1CCCC1. The van der Waals surface area contributed by atoms with E-state index in [-0.39, 0.29) is 6.10 Å². The summed E-state index contributed by atoms with van der Waals surface area (Å²) in [6, 6.07) is 5.80. The fourth-order valence-corrected chi connectivity index (χ4v) is 3.56. The molecular formula is C18H23NO5. The average molecular weight is 333 g/mol. The van der Waals surface area contributed by atoms with Crippen molar-refractivity contribution in [3.63, 3.8) is 0 Å². The van der Waals surface area contributed by atoms with Crippen molar-refractivity contribution >= 4 is 5.70 Å². The Hall–Kier alpha value is -1.76. The second kappa shape index (κ2) is 6.27. The number of hydrogen-bond acceptors (Lipinski definition) is 6. The highest BCUT2D eigenvalue weighted by molar-refractivity contribution is 5.68. The number of ether oxygens (including phenoxy) is 3. The lowest BCUT2D eigenvalue weighted by molar-refractivity contribution is -0.169. The summed E-state index contributed by atoms with van der Waals surface area (Å²) < 4.78 is 16.8. The highest BCUT2D eigenvalue weighted by Crippen LogP contribution is 2.39. The summed E-state index contributed by atoms with van der Waals surface area (Å²) in [6.07, 6.45) is 6.43. The summed E-state index contributed by atoms with van der Waals surface area (Å²) in [6.45, 7) is 0.477. The molecule has 1 aliphatic carbocycles. The third kappa shape index (κ3) is 2.75. The first-order chi connectivity index (χ1) is 11.7. The third-order valence-electron chi connectivity index (χ3n) is 5.00. The molecular weight excluding hydrogens is 310 g/mol. The molecule has 3 aliphatic rings. The van der Waals surface area contributed by atoms with Crippen LogP contribution in [-0.4, -0.2) is 36.8 Å². The van der Waals surface area contributed by atoms with Gasteiger partial charge in [0.25, 0.3) is 0 Å². The Morgan fingerprint density at radius 1 is 1.25 bits per heavy atom. The quantitative estimate of drug-likeness (QED) is 0.882. The molecule has 2 unspecified atom stereocenters. The van der Waals surface area contributed by atoms with Crippen molar-refractivity contribution in [2.75, 3.05) is 13.7 Å². The van der Waals surface area contributed by atoms with Gasteiger partial charge >= 0.3 is 0 Å². The Morgan fingerprint density at radius 2 is 2.08 bits per heavy atom. The molecule has 1 saturated carbocycles. The van der Waals surface area contributed by atoms with Crippen LogP contribution in [0, 0.1) is 0 Å². The molecule has 0 bridgehead atoms. The maximum Gasteiger partial charge on any atom is 0.190 e. The van der Waals surface area contributed by atoms with Crippen LogP contribution in [-0.2, 0) is 9.57 Å². The van der Waals surface area contributed by atoms with Gasteiger partial charge in [0.2, 0.25) is 0 Å². The van der Waals surface area contributed by atoms with Crippen LogP contribution in [0.25, 0.3) is 5.70 Å². The smallest absolute Gasteiger partial charge is 0.190 e. The van der Waals surface area contributed by atoms with Gasteiger partial charge in [-0.3, -0.25) is 10.3 Å². The summed E-state index contributed by atoms with van der Waals surface area (Å²) in [5.41, 5.74) is 3.85. The van der Waals surface area contributed by atoms with Crippen LogP contribution in [0.1, 0.15) is 37.7 Å². The topological polar surface area (TPSA) is 69.2 Å². The molecule has 0 amide bonds. The number of rotatable bonds is 4. The Kier molecular flexibility index (Phi) is 4.12. The van der Waals surface area contributed by atoms with Crippen LogP contribution >= 0.6 is 0 Å². The van der Waals surface area contributed by atoms with E-state index in [0.717, 1.165) is 35.6 Å². The van der Waals surface area contributed by atoms with Crippen LogP contribution in [0.2, 0.25) is 0 Å². The van der Waals surface area contributed by atoms with Crippen LogP contribution in [0.4, 0.5) is 0 Å². The summed E-state index contributed by atoms with van der Waals surface area (Å²) in [7, 11) is 1.65. The van der Waals surface area contributed by atoms with Gasteiger partial charge in [-0.05, 0) is 50.0 Å². The van der Waals surface area contributed by atoms with E-state index in [1.54, 1.807) is 7.11 Å². The summed E-state index contributed by atoms with van der Waals surface area (Å²) in [5.74, 6) is 1.47. The molecule has 0 aromatic heterocycles. The van der Waals surface area contributed by atoms with Gasteiger partial charge in [0.15, 0.2) is 23.4 Å². The molecule has 6 nitrogen and oxygen atoms in total. The van der Waals surface area contributed by atoms with E-state index in [1.165, 1.54) is 12.8 Å². The first kappa shape index (κ1) is 15.7. The molecule has 4 rings (SSSR count). The summed E-state index contributed by atoms with van der Waals surface area (Å²) in [5, 5.41) is 9.99. The fraction of sp³-hybridized carbons (Fsp3) is 0.556. The number of nitrogens with one attached hydrogen (secondary N) is 1. The van der Waals surface area contributed by atoms with Crippen molar-refractivity contribution < 1.29 is 24.2 Å². The predicted molar refractivity (Wildman–Crippen MR) is 87.4 cm³/mol. The van der Waals surface area contributed by atoms with Gasteiger partial charge in [0.1, 0.15) is 0 Å². The standard InChI is InChI=1S/C18H23NO5/c1-21-15-7-6-12(10-16(15)23-13-4-2-3-5-13)14-11-18(24-19-14)8-9-22-17(18)20/h6-7,10-11,13,17,19-20H,2-5,8-9H2,1H3. The lowest BCUT2D eigenvalue weighted by atomic mass is 9.99. The maximum absolute atomic E-state index is 9.99. The third-order valence-corrected chi connectivity index (χ3v) is 5.00. The lowest BCUT2D eigenvalue weighted by Crippen LogP contribution is -2.38. The molecule has 24 heavy (non-hydrogen) atoms. The van der Waals surface area contributed by atoms with E-state index in [4.69, 9.17) is 19.0 Å². The van der Waals surface area contributed by atoms with Crippen molar-refractivity contribution in [2.24, 2.45) is 0 Å². The number of aliphatic hydroxyl groups is 1. The van der Waals surface area contributed by atoms with Crippen LogP contribution in [0.15, 0.2) is 24.3 Å². The molecule has 2 atom stereocenters. The normalized spacial score (nSPS) is 29.8. The van der Waals surface area contributed by atoms with E-state index >= 15 is 0 Å². The zero-order chi connectivity index (χ0) is 16.6. The predicted octanol–water partition coefficient (Wildman–Crippen LogP) is 2.37. The Bertz CT molecular complexity index is 640. The largest absolute Gasteiger partial charge is 0.493 e. The summed E-state index contributed by atoms with van der Waals surface area (Å²) in [4.78, 5) is 5.62. The van der Waals surface area contributed by atoms with Crippen LogP contribution in [0.3, 0.4) is 0 Å². The maximum atomic E-state index is 9.99. The van der Waals surface area contributed by atoms with Crippen LogP contribution in [0.5, 0.6) is 11.5 Å². The minimum absolute atomic E-state index is 0.257. The van der Waals surface area contributed by atoms with Gasteiger partial charge in [-0.1, -0.05) is 0 Å². The minimum Gasteiger partial charge on any atom is -0.493 e. The van der Waals surface area contributed by atoms with Crippen LogP contribution < -0.4 is 15.0 Å².